The average Bonchev–Trinajstić information content (AvgIpc) is 3.22. The molecule has 4 rings (SSSR count). The molecular weight excluding hydrogens is 414 g/mol. The third kappa shape index (κ3) is 4.74. The number of aliphatic hydroxyl groups is 1. The van der Waals surface area contributed by atoms with E-state index in [1.165, 1.54) is 16.8 Å². The molecule has 2 heterocycles. The number of benzene rings is 2. The van der Waals surface area contributed by atoms with Crippen molar-refractivity contribution in [3.05, 3.63) is 94.5 Å². The molecule has 1 amide bonds. The van der Waals surface area contributed by atoms with Gasteiger partial charge >= 0.3 is 11.7 Å². The summed E-state index contributed by atoms with van der Waals surface area (Å²) in [5.41, 5.74) is 0.170. The molecule has 164 valence electrons. The summed E-state index contributed by atoms with van der Waals surface area (Å²) in [5.74, 6) is -0.827. The van der Waals surface area contributed by atoms with Crippen molar-refractivity contribution in [2.75, 3.05) is 11.9 Å². The molecule has 1 aliphatic heterocycles. The van der Waals surface area contributed by atoms with Crippen LogP contribution in [0.25, 0.3) is 0 Å². The van der Waals surface area contributed by atoms with E-state index in [-0.39, 0.29) is 24.8 Å². The largest absolute Gasteiger partial charge is 0.456 e. The molecule has 1 aliphatic rings. The Morgan fingerprint density at radius 1 is 1.06 bits per heavy atom. The molecule has 0 radical (unpaired) electrons. The lowest BCUT2D eigenvalue weighted by molar-refractivity contribution is -0.0521. The number of amides is 1. The molecule has 0 saturated carbocycles. The molecule has 9 heteroatoms. The van der Waals surface area contributed by atoms with Gasteiger partial charge in [-0.25, -0.2) is 9.59 Å². The predicted molar refractivity (Wildman–Crippen MR) is 114 cm³/mol. The van der Waals surface area contributed by atoms with E-state index in [0.29, 0.717) is 11.1 Å². The van der Waals surface area contributed by atoms with Gasteiger partial charge in [0.15, 0.2) is 0 Å². The minimum atomic E-state index is -0.781. The summed E-state index contributed by atoms with van der Waals surface area (Å²) < 4.78 is 12.5. The number of carbonyl (C=O) groups excluding carboxylic acids is 2. The number of nitrogens with one attached hydrogen (secondary N) is 1. The Hall–Kier alpha value is -3.82. The van der Waals surface area contributed by atoms with Gasteiger partial charge in [0.25, 0.3) is 5.91 Å². The van der Waals surface area contributed by atoms with E-state index in [1.807, 2.05) is 0 Å². The van der Waals surface area contributed by atoms with Crippen LogP contribution < -0.4 is 11.0 Å². The molecule has 2 N–H and O–H groups in total. The van der Waals surface area contributed by atoms with Gasteiger partial charge in [-0.1, -0.05) is 36.4 Å². The highest BCUT2D eigenvalue weighted by molar-refractivity contribution is 6.03. The average molecular weight is 435 g/mol. The summed E-state index contributed by atoms with van der Waals surface area (Å²) in [6.07, 6.45) is -0.684. The summed E-state index contributed by atoms with van der Waals surface area (Å²) in [6, 6.07) is 18.5. The first-order valence-corrected chi connectivity index (χ1v) is 10.0. The smallest absolute Gasteiger partial charge is 0.351 e. The van der Waals surface area contributed by atoms with Gasteiger partial charge in [0, 0.05) is 18.2 Å². The maximum Gasteiger partial charge on any atom is 0.351 e. The lowest BCUT2D eigenvalue weighted by atomic mass is 10.1. The van der Waals surface area contributed by atoms with Gasteiger partial charge in [0.1, 0.15) is 24.3 Å². The van der Waals surface area contributed by atoms with Crippen molar-refractivity contribution in [3.63, 3.8) is 0 Å². The summed E-state index contributed by atoms with van der Waals surface area (Å²) >= 11 is 0. The van der Waals surface area contributed by atoms with Crippen LogP contribution in [0, 0.1) is 0 Å². The van der Waals surface area contributed by atoms with Crippen LogP contribution in [-0.4, -0.2) is 45.3 Å². The molecule has 9 nitrogen and oxygen atoms in total. The number of hydrogen-bond donors (Lipinski definition) is 2. The SMILES string of the molecule is O=C(Nc1ccn([C@@H]2C[C@@H](OC(=O)c3ccccc3)[C@H](CO)O2)c(=O)n1)c1ccccc1. The normalized spacial score (nSPS) is 20.0. The summed E-state index contributed by atoms with van der Waals surface area (Å²) in [4.78, 5) is 41.0. The van der Waals surface area contributed by atoms with Crippen molar-refractivity contribution >= 4 is 17.7 Å². The molecule has 2 aromatic carbocycles. The quantitative estimate of drug-likeness (QED) is 0.568. The number of aliphatic hydroxyl groups excluding tert-OH is 1. The van der Waals surface area contributed by atoms with Crippen LogP contribution in [-0.2, 0) is 9.47 Å². The van der Waals surface area contributed by atoms with Crippen LogP contribution in [0.3, 0.4) is 0 Å². The maximum absolute atomic E-state index is 12.5. The van der Waals surface area contributed by atoms with Crippen molar-refractivity contribution in [1.29, 1.82) is 0 Å². The number of ether oxygens (including phenoxy) is 2. The number of anilines is 1. The minimum Gasteiger partial charge on any atom is -0.456 e. The summed E-state index contributed by atoms with van der Waals surface area (Å²) in [5, 5.41) is 12.2. The van der Waals surface area contributed by atoms with Crippen molar-refractivity contribution in [3.8, 4) is 0 Å². The molecule has 1 fully saturated rings. The fourth-order valence-electron chi connectivity index (χ4n) is 3.42. The van der Waals surface area contributed by atoms with Crippen LogP contribution in [0.2, 0.25) is 0 Å². The Morgan fingerprint density at radius 3 is 2.34 bits per heavy atom. The Labute approximate surface area is 183 Å². The van der Waals surface area contributed by atoms with E-state index in [2.05, 4.69) is 10.3 Å². The van der Waals surface area contributed by atoms with Crippen LogP contribution in [0.15, 0.2) is 77.7 Å². The number of carbonyl (C=O) groups is 2. The zero-order chi connectivity index (χ0) is 22.5. The Balaban J connectivity index is 1.45. The first-order chi connectivity index (χ1) is 15.5. The third-order valence-electron chi connectivity index (χ3n) is 5.05. The fraction of sp³-hybridized carbons (Fsp3) is 0.217. The van der Waals surface area contributed by atoms with Gasteiger partial charge < -0.3 is 19.9 Å². The molecule has 32 heavy (non-hydrogen) atoms. The van der Waals surface area contributed by atoms with Gasteiger partial charge in [-0.2, -0.15) is 4.98 Å². The lowest BCUT2D eigenvalue weighted by Gasteiger charge is -2.16. The van der Waals surface area contributed by atoms with Crippen LogP contribution in [0.1, 0.15) is 33.4 Å². The molecule has 0 aliphatic carbocycles. The Morgan fingerprint density at radius 2 is 1.72 bits per heavy atom. The molecule has 1 aromatic heterocycles. The molecular formula is C23H21N3O6. The standard InChI is InChI=1S/C23H21N3O6/c27-14-18-17(32-22(29)16-9-5-2-6-10-16)13-20(31-18)26-12-11-19(25-23(26)30)24-21(28)15-7-3-1-4-8-15/h1-12,17-18,20,27H,13-14H2,(H,24,25,28,30)/t17-,18+,20+/m1/s1. The molecule has 0 bridgehead atoms. The first kappa shape index (κ1) is 21.4. The van der Waals surface area contributed by atoms with E-state index >= 15 is 0 Å². The second-order valence-corrected chi connectivity index (χ2v) is 7.18. The van der Waals surface area contributed by atoms with Crippen molar-refractivity contribution in [1.82, 2.24) is 9.55 Å². The minimum absolute atomic E-state index is 0.101. The van der Waals surface area contributed by atoms with Gasteiger partial charge in [-0.05, 0) is 30.3 Å². The van der Waals surface area contributed by atoms with Gasteiger partial charge in [0.05, 0.1) is 12.2 Å². The highest BCUT2D eigenvalue weighted by Crippen LogP contribution is 2.30. The van der Waals surface area contributed by atoms with Gasteiger partial charge in [-0.15, -0.1) is 0 Å². The first-order valence-electron chi connectivity index (χ1n) is 10.0. The van der Waals surface area contributed by atoms with E-state index in [4.69, 9.17) is 9.47 Å². The van der Waals surface area contributed by atoms with E-state index in [0.717, 1.165) is 0 Å². The second kappa shape index (κ2) is 9.54. The van der Waals surface area contributed by atoms with Crippen molar-refractivity contribution < 1.29 is 24.2 Å². The van der Waals surface area contributed by atoms with Crippen LogP contribution in [0.5, 0.6) is 0 Å². The Bertz CT molecular complexity index is 1150. The lowest BCUT2D eigenvalue weighted by Crippen LogP contribution is -2.30. The zero-order valence-corrected chi connectivity index (χ0v) is 17.0. The summed E-state index contributed by atoms with van der Waals surface area (Å²) in [7, 11) is 0. The van der Waals surface area contributed by atoms with Crippen molar-refractivity contribution in [2.24, 2.45) is 0 Å². The number of nitrogens with zero attached hydrogens (tertiary/aromatic N) is 2. The highest BCUT2D eigenvalue weighted by Gasteiger charge is 2.39. The van der Waals surface area contributed by atoms with Gasteiger partial charge in [-0.3, -0.25) is 9.36 Å². The van der Waals surface area contributed by atoms with E-state index in [1.54, 1.807) is 60.7 Å². The van der Waals surface area contributed by atoms with Crippen LogP contribution >= 0.6 is 0 Å². The fourth-order valence-corrected chi connectivity index (χ4v) is 3.42. The topological polar surface area (TPSA) is 120 Å². The molecule has 3 atom stereocenters. The second-order valence-electron chi connectivity index (χ2n) is 7.18. The maximum atomic E-state index is 12.5. The highest BCUT2D eigenvalue weighted by atomic mass is 16.6. The Kier molecular flexibility index (Phi) is 6.39. The molecule has 0 unspecified atom stereocenters. The molecule has 0 spiro atoms. The molecule has 3 aromatic rings. The van der Waals surface area contributed by atoms with E-state index < -0.39 is 30.1 Å². The monoisotopic (exact) mass is 435 g/mol. The van der Waals surface area contributed by atoms with Crippen LogP contribution in [0.4, 0.5) is 5.82 Å². The zero-order valence-electron chi connectivity index (χ0n) is 17.0. The van der Waals surface area contributed by atoms with Gasteiger partial charge in [0.2, 0.25) is 0 Å². The van der Waals surface area contributed by atoms with E-state index in [9.17, 15) is 19.5 Å². The predicted octanol–water partition coefficient (Wildman–Crippen LogP) is 2.00. The molecule has 1 saturated heterocycles. The third-order valence-corrected chi connectivity index (χ3v) is 5.05. The number of aromatic nitrogens is 2. The summed E-state index contributed by atoms with van der Waals surface area (Å²) in [6.45, 7) is -0.378. The number of hydrogen-bond acceptors (Lipinski definition) is 7. The number of esters is 1. The number of rotatable bonds is 6. The van der Waals surface area contributed by atoms with Crippen molar-refractivity contribution in [2.45, 2.75) is 24.9 Å².